The molecule has 7 nitrogen and oxygen atoms in total. The molecule has 9 heteroatoms. The van der Waals surface area contributed by atoms with Gasteiger partial charge in [0.1, 0.15) is 11.4 Å². The van der Waals surface area contributed by atoms with Gasteiger partial charge in [0.15, 0.2) is 5.03 Å². The lowest BCUT2D eigenvalue weighted by Gasteiger charge is -2.37. The molecule has 1 aromatic heterocycles. The van der Waals surface area contributed by atoms with Crippen molar-refractivity contribution in [1.82, 2.24) is 4.98 Å². The molecule has 1 aliphatic heterocycles. The molecule has 1 aliphatic rings. The number of esters is 1. The van der Waals surface area contributed by atoms with Crippen molar-refractivity contribution in [3.05, 3.63) is 124 Å². The van der Waals surface area contributed by atoms with E-state index in [0.29, 0.717) is 49.8 Å². The number of thiazole rings is 1. The molecule has 4 aromatic rings. The predicted octanol–water partition coefficient (Wildman–Crippen LogP) is 7.05. The third-order valence-electron chi connectivity index (χ3n) is 8.02. The van der Waals surface area contributed by atoms with Gasteiger partial charge in [0.25, 0.3) is 10.0 Å². The number of aliphatic hydroxyl groups excluding tert-OH is 1. The van der Waals surface area contributed by atoms with E-state index in [-0.39, 0.29) is 10.8 Å². The second-order valence-electron chi connectivity index (χ2n) is 11.0. The Hall–Kier alpha value is -3.95. The van der Waals surface area contributed by atoms with Crippen molar-refractivity contribution in [1.29, 1.82) is 0 Å². The molecule has 0 saturated carbocycles. The van der Waals surface area contributed by atoms with Gasteiger partial charge >= 0.3 is 5.97 Å². The normalized spacial score (nSPS) is 14.9. The van der Waals surface area contributed by atoms with E-state index in [2.05, 4.69) is 29.2 Å². The summed E-state index contributed by atoms with van der Waals surface area (Å²) in [6.07, 6.45) is 4.60. The number of hydrogen-bond acceptors (Lipinski definition) is 7. The van der Waals surface area contributed by atoms with Crippen molar-refractivity contribution in [3.8, 4) is 0 Å². The van der Waals surface area contributed by atoms with Crippen LogP contribution in [0.5, 0.6) is 0 Å². The molecule has 0 atom stereocenters. The highest BCUT2D eigenvalue weighted by atomic mass is 32.2. The second kappa shape index (κ2) is 13.6. The summed E-state index contributed by atoms with van der Waals surface area (Å²) in [5, 5.41) is 12.7. The summed E-state index contributed by atoms with van der Waals surface area (Å²) < 4.78 is 33.2. The number of aliphatic hydroxyl groups is 1. The Bertz CT molecular complexity index is 1610. The number of cyclic esters (lactones) is 1. The molecule has 0 bridgehead atoms. The maximum Gasteiger partial charge on any atom is 0.337 e. The zero-order valence-corrected chi connectivity index (χ0v) is 25.8. The highest BCUT2D eigenvalue weighted by Gasteiger charge is 2.41. The molecule has 43 heavy (non-hydrogen) atoms. The Morgan fingerprint density at radius 3 is 2.09 bits per heavy atom. The van der Waals surface area contributed by atoms with Gasteiger partial charge in [-0.1, -0.05) is 72.8 Å². The standard InChI is InChI=1S/C34H36N2O5S2/c1-36(43(39,40)32-24-42-25-35-32)29-16-8-14-28(22-29)15-9-17-30-31(37)23-34(41-33(30)38,20-18-26-10-4-2-5-11-26)21-19-27-12-6-3-7-13-27/h2-8,10-14,16,22,24-25,37H,9,15,17-21,23H2,1H3. The molecule has 1 N–H and O–H groups in total. The first kappa shape index (κ1) is 30.5. The van der Waals surface area contributed by atoms with E-state index >= 15 is 0 Å². The summed E-state index contributed by atoms with van der Waals surface area (Å²) in [5.41, 5.74) is 4.84. The lowest BCUT2D eigenvalue weighted by molar-refractivity contribution is -0.160. The molecule has 0 saturated heterocycles. The molecule has 0 radical (unpaired) electrons. The zero-order chi connectivity index (χ0) is 30.3. The van der Waals surface area contributed by atoms with Crippen molar-refractivity contribution < 1.29 is 23.1 Å². The van der Waals surface area contributed by atoms with Crippen LogP contribution >= 0.6 is 11.3 Å². The summed E-state index contributed by atoms with van der Waals surface area (Å²) in [7, 11) is -2.23. The van der Waals surface area contributed by atoms with Gasteiger partial charge in [-0.2, -0.15) is 8.42 Å². The summed E-state index contributed by atoms with van der Waals surface area (Å²) in [6.45, 7) is 0. The molecule has 0 spiro atoms. The maximum atomic E-state index is 13.3. The fourth-order valence-electron chi connectivity index (χ4n) is 5.49. The first-order chi connectivity index (χ1) is 20.8. The smallest absolute Gasteiger partial charge is 0.337 e. The van der Waals surface area contributed by atoms with E-state index in [0.717, 1.165) is 18.4 Å². The third-order valence-corrected chi connectivity index (χ3v) is 10.4. The lowest BCUT2D eigenvalue weighted by atomic mass is 9.82. The summed E-state index contributed by atoms with van der Waals surface area (Å²) >= 11 is 1.23. The first-order valence-corrected chi connectivity index (χ1v) is 16.8. The predicted molar refractivity (Wildman–Crippen MR) is 170 cm³/mol. The lowest BCUT2D eigenvalue weighted by Crippen LogP contribution is -2.41. The maximum absolute atomic E-state index is 13.3. The third kappa shape index (κ3) is 7.53. The number of sulfonamides is 1. The van der Waals surface area contributed by atoms with Crippen LogP contribution in [0.3, 0.4) is 0 Å². The number of anilines is 1. The Labute approximate surface area is 257 Å². The van der Waals surface area contributed by atoms with Crippen molar-refractivity contribution in [2.45, 2.75) is 62.0 Å². The zero-order valence-electron chi connectivity index (χ0n) is 24.2. The van der Waals surface area contributed by atoms with E-state index < -0.39 is 21.6 Å². The van der Waals surface area contributed by atoms with Crippen LogP contribution in [0.2, 0.25) is 0 Å². The number of nitrogens with zero attached hydrogens (tertiary/aromatic N) is 2. The largest absolute Gasteiger partial charge is 0.512 e. The first-order valence-electron chi connectivity index (χ1n) is 14.4. The van der Waals surface area contributed by atoms with Crippen LogP contribution in [0.15, 0.2) is 112 Å². The number of benzene rings is 3. The van der Waals surface area contributed by atoms with Crippen LogP contribution in [-0.4, -0.2) is 37.1 Å². The van der Waals surface area contributed by atoms with E-state index in [4.69, 9.17) is 4.74 Å². The van der Waals surface area contributed by atoms with Crippen molar-refractivity contribution in [2.24, 2.45) is 0 Å². The number of ether oxygens (including phenoxy) is 1. The number of hydrogen-bond donors (Lipinski definition) is 1. The summed E-state index contributed by atoms with van der Waals surface area (Å²) in [4.78, 5) is 17.3. The van der Waals surface area contributed by atoms with Gasteiger partial charge in [0.05, 0.1) is 16.8 Å². The minimum atomic E-state index is -3.74. The monoisotopic (exact) mass is 616 g/mol. The number of aromatic nitrogens is 1. The SMILES string of the molecule is CN(c1cccc(CCCC2=C(O)CC(CCc3ccccc3)(CCc3ccccc3)OC2=O)c1)S(=O)(=O)c1cscn1. The van der Waals surface area contributed by atoms with E-state index in [9.17, 15) is 18.3 Å². The summed E-state index contributed by atoms with van der Waals surface area (Å²) in [6, 6.07) is 27.6. The van der Waals surface area contributed by atoms with Gasteiger partial charge < -0.3 is 9.84 Å². The molecule has 0 aliphatic carbocycles. The minimum absolute atomic E-state index is 0.0206. The van der Waals surface area contributed by atoms with Gasteiger partial charge in [0, 0.05) is 18.8 Å². The van der Waals surface area contributed by atoms with Crippen LogP contribution in [0.25, 0.3) is 0 Å². The van der Waals surface area contributed by atoms with Crippen molar-refractivity contribution in [2.75, 3.05) is 11.4 Å². The van der Waals surface area contributed by atoms with Crippen LogP contribution in [-0.2, 0) is 38.8 Å². The number of rotatable bonds is 13. The molecule has 2 heterocycles. The van der Waals surface area contributed by atoms with E-state index in [1.165, 1.54) is 44.7 Å². The Balaban J connectivity index is 1.25. The van der Waals surface area contributed by atoms with Crippen molar-refractivity contribution in [3.63, 3.8) is 0 Å². The molecule has 0 fully saturated rings. The van der Waals surface area contributed by atoms with Crippen LogP contribution in [0, 0.1) is 0 Å². The van der Waals surface area contributed by atoms with E-state index in [1.807, 2.05) is 54.6 Å². The Kier molecular flexibility index (Phi) is 9.62. The van der Waals surface area contributed by atoms with Gasteiger partial charge in [-0.25, -0.2) is 9.78 Å². The molecular formula is C34H36N2O5S2. The minimum Gasteiger partial charge on any atom is -0.512 e. The van der Waals surface area contributed by atoms with Crippen molar-refractivity contribution >= 4 is 33.0 Å². The second-order valence-corrected chi connectivity index (χ2v) is 13.6. The topological polar surface area (TPSA) is 96.8 Å². The van der Waals surface area contributed by atoms with Crippen LogP contribution in [0.4, 0.5) is 5.69 Å². The van der Waals surface area contributed by atoms with Crippen LogP contribution in [0.1, 0.15) is 48.8 Å². The number of aryl methyl sites for hydroxylation is 3. The van der Waals surface area contributed by atoms with Gasteiger partial charge in [-0.05, 0) is 73.8 Å². The number of carbonyl (C=O) groups excluding carboxylic acids is 1. The molecule has 0 unspecified atom stereocenters. The van der Waals surface area contributed by atoms with Gasteiger partial charge in [-0.15, -0.1) is 11.3 Å². The van der Waals surface area contributed by atoms with E-state index in [1.54, 1.807) is 6.07 Å². The fourth-order valence-corrected chi connectivity index (χ4v) is 7.48. The summed E-state index contributed by atoms with van der Waals surface area (Å²) in [5.74, 6) is -0.340. The molecule has 3 aromatic carbocycles. The molecule has 224 valence electrons. The Morgan fingerprint density at radius 2 is 1.51 bits per heavy atom. The van der Waals surface area contributed by atoms with Gasteiger partial charge in [-0.3, -0.25) is 4.31 Å². The average Bonchev–Trinajstić information content (AvgIpc) is 3.58. The molecular weight excluding hydrogens is 581 g/mol. The number of carbonyl (C=O) groups is 1. The van der Waals surface area contributed by atoms with Gasteiger partial charge in [0.2, 0.25) is 0 Å². The highest BCUT2D eigenvalue weighted by molar-refractivity contribution is 7.92. The van der Waals surface area contributed by atoms with Crippen LogP contribution < -0.4 is 4.31 Å². The molecule has 5 rings (SSSR count). The average molecular weight is 617 g/mol. The highest BCUT2D eigenvalue weighted by Crippen LogP contribution is 2.38. The quantitative estimate of drug-likeness (QED) is 0.162. The fraction of sp³-hybridized carbons (Fsp3) is 0.294. The molecule has 0 amide bonds. The Morgan fingerprint density at radius 1 is 0.884 bits per heavy atom.